The van der Waals surface area contributed by atoms with Crippen LogP contribution in [0.15, 0.2) is 30.3 Å². The van der Waals surface area contributed by atoms with Gasteiger partial charge < -0.3 is 10.4 Å². The van der Waals surface area contributed by atoms with Crippen LogP contribution in [-0.4, -0.2) is 66.2 Å². The van der Waals surface area contributed by atoms with Gasteiger partial charge in [-0.1, -0.05) is 43.2 Å². The summed E-state index contributed by atoms with van der Waals surface area (Å²) in [6.45, 7) is 5.54. The topological polar surface area (TPSA) is 55.8 Å². The van der Waals surface area contributed by atoms with Gasteiger partial charge in [-0.05, 0) is 18.4 Å². The number of amides is 1. The van der Waals surface area contributed by atoms with Crippen LogP contribution in [0.2, 0.25) is 0 Å². The SMILES string of the molecule is O=C(CN1CCN(Cc2ccccc2)CC1)NC1CCCCC1CO. The third-order valence-electron chi connectivity index (χ3n) is 5.57. The number of aliphatic hydroxyl groups is 1. The smallest absolute Gasteiger partial charge is 0.234 e. The number of nitrogens with one attached hydrogen (secondary N) is 1. The monoisotopic (exact) mass is 345 g/mol. The van der Waals surface area contributed by atoms with Crippen molar-refractivity contribution in [2.45, 2.75) is 38.3 Å². The van der Waals surface area contributed by atoms with Gasteiger partial charge in [-0.25, -0.2) is 0 Å². The zero-order valence-electron chi connectivity index (χ0n) is 15.1. The van der Waals surface area contributed by atoms with Crippen molar-refractivity contribution in [2.24, 2.45) is 5.92 Å². The van der Waals surface area contributed by atoms with Gasteiger partial charge in [0.1, 0.15) is 0 Å². The highest BCUT2D eigenvalue weighted by Crippen LogP contribution is 2.23. The zero-order valence-corrected chi connectivity index (χ0v) is 15.1. The number of hydrogen-bond acceptors (Lipinski definition) is 4. The molecule has 2 unspecified atom stereocenters. The highest BCUT2D eigenvalue weighted by molar-refractivity contribution is 5.78. The molecule has 0 bridgehead atoms. The van der Waals surface area contributed by atoms with Gasteiger partial charge in [0, 0.05) is 51.3 Å². The molecule has 2 fully saturated rings. The van der Waals surface area contributed by atoms with Gasteiger partial charge in [0.15, 0.2) is 0 Å². The van der Waals surface area contributed by atoms with Crippen LogP contribution in [0.4, 0.5) is 0 Å². The van der Waals surface area contributed by atoms with Crippen LogP contribution in [0.3, 0.4) is 0 Å². The van der Waals surface area contributed by atoms with Gasteiger partial charge in [0.25, 0.3) is 0 Å². The minimum Gasteiger partial charge on any atom is -0.396 e. The lowest BCUT2D eigenvalue weighted by Crippen LogP contribution is -2.51. The van der Waals surface area contributed by atoms with Crippen LogP contribution < -0.4 is 5.32 Å². The second kappa shape index (κ2) is 9.32. The molecule has 2 atom stereocenters. The summed E-state index contributed by atoms with van der Waals surface area (Å²) in [5.41, 5.74) is 1.35. The first kappa shape index (κ1) is 18.4. The Bertz CT molecular complexity index is 529. The van der Waals surface area contributed by atoms with Crippen molar-refractivity contribution in [1.82, 2.24) is 15.1 Å². The first-order chi connectivity index (χ1) is 12.2. The van der Waals surface area contributed by atoms with Gasteiger partial charge in [-0.2, -0.15) is 0 Å². The molecule has 0 radical (unpaired) electrons. The van der Waals surface area contributed by atoms with E-state index in [1.807, 2.05) is 6.07 Å². The molecule has 5 nitrogen and oxygen atoms in total. The van der Waals surface area contributed by atoms with Gasteiger partial charge in [-0.15, -0.1) is 0 Å². The lowest BCUT2D eigenvalue weighted by molar-refractivity contribution is -0.124. The Morgan fingerprint density at radius 3 is 2.44 bits per heavy atom. The van der Waals surface area contributed by atoms with E-state index in [1.165, 1.54) is 12.0 Å². The van der Waals surface area contributed by atoms with E-state index >= 15 is 0 Å². The van der Waals surface area contributed by atoms with E-state index < -0.39 is 0 Å². The zero-order chi connectivity index (χ0) is 17.5. The van der Waals surface area contributed by atoms with Gasteiger partial charge in [0.05, 0.1) is 6.54 Å². The molecule has 1 amide bonds. The quantitative estimate of drug-likeness (QED) is 0.820. The molecule has 2 aliphatic rings. The molecule has 1 aromatic carbocycles. The number of aliphatic hydroxyl groups excluding tert-OH is 1. The first-order valence-electron chi connectivity index (χ1n) is 9.63. The summed E-state index contributed by atoms with van der Waals surface area (Å²) >= 11 is 0. The molecule has 1 saturated carbocycles. The van der Waals surface area contributed by atoms with Gasteiger partial charge in [-0.3, -0.25) is 14.6 Å². The normalized spacial score (nSPS) is 25.6. The number of carbonyl (C=O) groups is 1. The van der Waals surface area contributed by atoms with E-state index in [2.05, 4.69) is 39.4 Å². The van der Waals surface area contributed by atoms with E-state index in [0.717, 1.165) is 52.0 Å². The Labute approximate surface area is 151 Å². The van der Waals surface area contributed by atoms with E-state index in [-0.39, 0.29) is 24.5 Å². The third-order valence-corrected chi connectivity index (χ3v) is 5.57. The fraction of sp³-hybridized carbons (Fsp3) is 0.650. The fourth-order valence-electron chi connectivity index (χ4n) is 4.02. The number of carbonyl (C=O) groups excluding carboxylic acids is 1. The maximum atomic E-state index is 12.4. The Morgan fingerprint density at radius 2 is 1.72 bits per heavy atom. The van der Waals surface area contributed by atoms with E-state index in [0.29, 0.717) is 6.54 Å². The summed E-state index contributed by atoms with van der Waals surface area (Å²) in [4.78, 5) is 17.1. The van der Waals surface area contributed by atoms with Crippen molar-refractivity contribution in [3.8, 4) is 0 Å². The minimum atomic E-state index is 0.113. The molecule has 1 heterocycles. The molecule has 0 spiro atoms. The predicted molar refractivity (Wildman–Crippen MR) is 99.1 cm³/mol. The van der Waals surface area contributed by atoms with Gasteiger partial charge >= 0.3 is 0 Å². The molecule has 25 heavy (non-hydrogen) atoms. The molecule has 1 aromatic rings. The molecule has 0 aromatic heterocycles. The summed E-state index contributed by atoms with van der Waals surface area (Å²) in [7, 11) is 0. The van der Waals surface area contributed by atoms with Crippen LogP contribution in [-0.2, 0) is 11.3 Å². The average molecular weight is 345 g/mol. The first-order valence-corrected chi connectivity index (χ1v) is 9.63. The van der Waals surface area contributed by atoms with E-state index in [9.17, 15) is 9.90 Å². The van der Waals surface area contributed by atoms with Crippen molar-refractivity contribution >= 4 is 5.91 Å². The number of hydrogen-bond donors (Lipinski definition) is 2. The molecule has 1 aliphatic carbocycles. The summed E-state index contributed by atoms with van der Waals surface area (Å²) in [6, 6.07) is 10.7. The van der Waals surface area contributed by atoms with Crippen molar-refractivity contribution in [1.29, 1.82) is 0 Å². The number of nitrogens with zero attached hydrogens (tertiary/aromatic N) is 2. The summed E-state index contributed by atoms with van der Waals surface area (Å²) in [5, 5.41) is 12.6. The summed E-state index contributed by atoms with van der Waals surface area (Å²) in [6.07, 6.45) is 4.35. The van der Waals surface area contributed by atoms with Crippen LogP contribution in [0, 0.1) is 5.92 Å². The van der Waals surface area contributed by atoms with Crippen LogP contribution in [0.5, 0.6) is 0 Å². The molecule has 1 saturated heterocycles. The maximum absolute atomic E-state index is 12.4. The molecule has 3 rings (SSSR count). The van der Waals surface area contributed by atoms with E-state index in [1.54, 1.807) is 0 Å². The second-order valence-corrected chi connectivity index (χ2v) is 7.44. The largest absolute Gasteiger partial charge is 0.396 e. The molecule has 1 aliphatic heterocycles. The Morgan fingerprint density at radius 1 is 1.04 bits per heavy atom. The Balaban J connectivity index is 1.39. The van der Waals surface area contributed by atoms with Crippen molar-refractivity contribution in [3.63, 3.8) is 0 Å². The lowest BCUT2D eigenvalue weighted by atomic mass is 9.85. The summed E-state index contributed by atoms with van der Waals surface area (Å²) < 4.78 is 0. The van der Waals surface area contributed by atoms with Crippen molar-refractivity contribution in [2.75, 3.05) is 39.3 Å². The highest BCUT2D eigenvalue weighted by Gasteiger charge is 2.27. The molecule has 5 heteroatoms. The standard InChI is InChI=1S/C20H31N3O2/c24-16-18-8-4-5-9-19(18)21-20(25)15-23-12-10-22(11-13-23)14-17-6-2-1-3-7-17/h1-3,6-7,18-19,24H,4-5,8-16H2,(H,21,25). The lowest BCUT2D eigenvalue weighted by Gasteiger charge is -2.35. The van der Waals surface area contributed by atoms with Crippen LogP contribution in [0.1, 0.15) is 31.2 Å². The second-order valence-electron chi connectivity index (χ2n) is 7.44. The fourth-order valence-corrected chi connectivity index (χ4v) is 4.02. The van der Waals surface area contributed by atoms with Crippen molar-refractivity contribution in [3.05, 3.63) is 35.9 Å². The number of piperazine rings is 1. The Hall–Kier alpha value is -1.43. The highest BCUT2D eigenvalue weighted by atomic mass is 16.3. The molecule has 138 valence electrons. The average Bonchev–Trinajstić information content (AvgIpc) is 2.64. The van der Waals surface area contributed by atoms with E-state index in [4.69, 9.17) is 0 Å². The van der Waals surface area contributed by atoms with Gasteiger partial charge in [0.2, 0.25) is 5.91 Å². The maximum Gasteiger partial charge on any atom is 0.234 e. The molecular formula is C20H31N3O2. The third kappa shape index (κ3) is 5.53. The molecule has 2 N–H and O–H groups in total. The minimum absolute atomic E-state index is 0.113. The van der Waals surface area contributed by atoms with Crippen LogP contribution >= 0.6 is 0 Å². The van der Waals surface area contributed by atoms with Crippen molar-refractivity contribution < 1.29 is 9.90 Å². The number of rotatable bonds is 6. The summed E-state index contributed by atoms with van der Waals surface area (Å²) in [5.74, 6) is 0.349. The van der Waals surface area contributed by atoms with Crippen LogP contribution in [0.25, 0.3) is 0 Å². The Kier molecular flexibility index (Phi) is 6.84. The number of benzene rings is 1. The predicted octanol–water partition coefficient (Wildman–Crippen LogP) is 1.47. The molecular weight excluding hydrogens is 314 g/mol.